The van der Waals surface area contributed by atoms with E-state index in [-0.39, 0.29) is 6.54 Å². The molecule has 0 unspecified atom stereocenters. The molecule has 18 heavy (non-hydrogen) atoms. The average Bonchev–Trinajstić information content (AvgIpc) is 2.63. The molecule has 1 saturated heterocycles. The molecule has 96 valence electrons. The molecule has 1 fully saturated rings. The standard InChI is InChI=1S/C11H11F2N3O2/c12-9-3-8(4-10(13)5-9)6-15-2-1-14-11(15)7-16(17)18/h3-5,7,14H,1-2,6H2/b11-7+. The van der Waals surface area contributed by atoms with Gasteiger partial charge in [-0.05, 0) is 17.7 Å². The van der Waals surface area contributed by atoms with Crippen LogP contribution in [0.1, 0.15) is 5.56 Å². The fraction of sp³-hybridized carbons (Fsp3) is 0.273. The van der Waals surface area contributed by atoms with E-state index in [0.717, 1.165) is 12.3 Å². The fourth-order valence-electron chi connectivity index (χ4n) is 1.87. The maximum Gasteiger partial charge on any atom is 0.274 e. The molecule has 0 aromatic heterocycles. The van der Waals surface area contributed by atoms with Crippen LogP contribution in [0.25, 0.3) is 0 Å². The highest BCUT2D eigenvalue weighted by molar-refractivity contribution is 5.19. The number of halogens is 2. The van der Waals surface area contributed by atoms with E-state index in [4.69, 9.17) is 0 Å². The predicted molar refractivity (Wildman–Crippen MR) is 59.8 cm³/mol. The number of nitrogens with one attached hydrogen (secondary N) is 1. The van der Waals surface area contributed by atoms with Crippen LogP contribution >= 0.6 is 0 Å². The van der Waals surface area contributed by atoms with Crippen LogP contribution in [-0.4, -0.2) is 22.9 Å². The summed E-state index contributed by atoms with van der Waals surface area (Å²) in [6.45, 7) is 1.34. The Morgan fingerprint density at radius 3 is 2.67 bits per heavy atom. The second kappa shape index (κ2) is 4.99. The van der Waals surface area contributed by atoms with Gasteiger partial charge in [-0.25, -0.2) is 8.78 Å². The van der Waals surface area contributed by atoms with Gasteiger partial charge in [-0.2, -0.15) is 0 Å². The molecule has 1 N–H and O–H groups in total. The van der Waals surface area contributed by atoms with Gasteiger partial charge in [0.05, 0.1) is 4.92 Å². The van der Waals surface area contributed by atoms with Crippen molar-refractivity contribution in [3.8, 4) is 0 Å². The Bertz CT molecular complexity index is 485. The van der Waals surface area contributed by atoms with Crippen LogP contribution in [0.3, 0.4) is 0 Å². The van der Waals surface area contributed by atoms with Gasteiger partial charge in [0, 0.05) is 25.7 Å². The number of hydrogen-bond acceptors (Lipinski definition) is 4. The molecule has 0 bridgehead atoms. The van der Waals surface area contributed by atoms with Crippen LogP contribution in [0.15, 0.2) is 30.2 Å². The van der Waals surface area contributed by atoms with Gasteiger partial charge in [-0.3, -0.25) is 10.1 Å². The Morgan fingerprint density at radius 2 is 2.06 bits per heavy atom. The Balaban J connectivity index is 2.15. The first-order chi connectivity index (χ1) is 8.54. The molecular formula is C11H11F2N3O2. The maximum atomic E-state index is 13.0. The molecule has 2 rings (SSSR count). The number of rotatable bonds is 3. The summed E-state index contributed by atoms with van der Waals surface area (Å²) >= 11 is 0. The Kier molecular flexibility index (Phi) is 3.40. The first-order valence-electron chi connectivity index (χ1n) is 5.34. The molecule has 7 heteroatoms. The fourth-order valence-corrected chi connectivity index (χ4v) is 1.87. The molecule has 1 aliphatic rings. The van der Waals surface area contributed by atoms with Gasteiger partial charge in [0.1, 0.15) is 11.6 Å². The lowest BCUT2D eigenvalue weighted by molar-refractivity contribution is -0.404. The third kappa shape index (κ3) is 2.93. The predicted octanol–water partition coefficient (Wildman–Crippen LogP) is 1.45. The highest BCUT2D eigenvalue weighted by Crippen LogP contribution is 2.15. The van der Waals surface area contributed by atoms with Crippen molar-refractivity contribution in [3.05, 3.63) is 57.5 Å². The van der Waals surface area contributed by atoms with E-state index in [1.165, 1.54) is 12.1 Å². The summed E-state index contributed by atoms with van der Waals surface area (Å²) in [6.07, 6.45) is 0.850. The van der Waals surface area contributed by atoms with E-state index in [1.54, 1.807) is 4.90 Å². The summed E-state index contributed by atoms with van der Waals surface area (Å²) in [5, 5.41) is 13.2. The number of benzene rings is 1. The molecule has 0 aliphatic carbocycles. The van der Waals surface area contributed by atoms with Crippen molar-refractivity contribution in [1.29, 1.82) is 0 Å². The van der Waals surface area contributed by atoms with Crippen molar-refractivity contribution in [3.63, 3.8) is 0 Å². The Morgan fingerprint density at radius 1 is 1.39 bits per heavy atom. The molecular weight excluding hydrogens is 244 g/mol. The largest absolute Gasteiger partial charge is 0.365 e. The lowest BCUT2D eigenvalue weighted by Crippen LogP contribution is -2.20. The van der Waals surface area contributed by atoms with Gasteiger partial charge in [0.15, 0.2) is 5.82 Å². The second-order valence-electron chi connectivity index (χ2n) is 3.93. The highest BCUT2D eigenvalue weighted by Gasteiger charge is 2.19. The number of nitro groups is 1. The van der Waals surface area contributed by atoms with Gasteiger partial charge < -0.3 is 10.2 Å². The molecule has 0 saturated carbocycles. The van der Waals surface area contributed by atoms with Gasteiger partial charge in [0.2, 0.25) is 0 Å². The molecule has 1 aromatic carbocycles. The molecule has 0 atom stereocenters. The van der Waals surface area contributed by atoms with Crippen LogP contribution < -0.4 is 5.32 Å². The third-order valence-electron chi connectivity index (χ3n) is 2.55. The third-order valence-corrected chi connectivity index (χ3v) is 2.55. The van der Waals surface area contributed by atoms with Crippen LogP contribution in [-0.2, 0) is 6.54 Å². The normalized spacial score (nSPS) is 17.0. The van der Waals surface area contributed by atoms with Gasteiger partial charge in [-0.1, -0.05) is 0 Å². The van der Waals surface area contributed by atoms with E-state index in [2.05, 4.69) is 5.32 Å². The summed E-state index contributed by atoms with van der Waals surface area (Å²) in [5.74, 6) is -0.960. The molecule has 0 radical (unpaired) electrons. The summed E-state index contributed by atoms with van der Waals surface area (Å²) in [6, 6.07) is 3.22. The minimum atomic E-state index is -0.656. The summed E-state index contributed by atoms with van der Waals surface area (Å²) in [4.78, 5) is 11.5. The lowest BCUT2D eigenvalue weighted by Gasteiger charge is -2.17. The lowest BCUT2D eigenvalue weighted by atomic mass is 10.2. The number of nitrogens with zero attached hydrogens (tertiary/aromatic N) is 2. The van der Waals surface area contributed by atoms with Crippen LogP contribution in [0.5, 0.6) is 0 Å². The van der Waals surface area contributed by atoms with Crippen molar-refractivity contribution >= 4 is 0 Å². The second-order valence-corrected chi connectivity index (χ2v) is 3.93. The summed E-state index contributed by atoms with van der Waals surface area (Å²) < 4.78 is 26.0. The molecule has 0 spiro atoms. The maximum absolute atomic E-state index is 13.0. The zero-order valence-electron chi connectivity index (χ0n) is 9.40. The molecule has 1 aliphatic heterocycles. The smallest absolute Gasteiger partial charge is 0.274 e. The first kappa shape index (κ1) is 12.3. The summed E-state index contributed by atoms with van der Waals surface area (Å²) in [5.41, 5.74) is 0.436. The Labute approximate surface area is 102 Å². The van der Waals surface area contributed by atoms with E-state index < -0.39 is 16.6 Å². The van der Waals surface area contributed by atoms with Gasteiger partial charge in [-0.15, -0.1) is 0 Å². The van der Waals surface area contributed by atoms with Crippen molar-refractivity contribution in [1.82, 2.24) is 10.2 Å². The monoisotopic (exact) mass is 255 g/mol. The minimum Gasteiger partial charge on any atom is -0.365 e. The zero-order chi connectivity index (χ0) is 13.1. The van der Waals surface area contributed by atoms with Crippen molar-refractivity contribution in [2.24, 2.45) is 0 Å². The van der Waals surface area contributed by atoms with E-state index in [1.807, 2.05) is 0 Å². The zero-order valence-corrected chi connectivity index (χ0v) is 9.40. The number of hydrogen-bond donors (Lipinski definition) is 1. The van der Waals surface area contributed by atoms with Crippen molar-refractivity contribution < 1.29 is 13.7 Å². The topological polar surface area (TPSA) is 58.4 Å². The highest BCUT2D eigenvalue weighted by atomic mass is 19.1. The SMILES string of the molecule is O=[N+]([O-])/C=C1\NCCN1Cc1cc(F)cc(F)c1. The van der Waals surface area contributed by atoms with E-state index >= 15 is 0 Å². The minimum absolute atomic E-state index is 0.224. The van der Waals surface area contributed by atoms with Crippen LogP contribution in [0.2, 0.25) is 0 Å². The Hall–Kier alpha value is -2.18. The van der Waals surface area contributed by atoms with E-state index in [9.17, 15) is 18.9 Å². The molecule has 0 amide bonds. The van der Waals surface area contributed by atoms with Crippen molar-refractivity contribution in [2.45, 2.75) is 6.54 Å². The molecule has 1 heterocycles. The van der Waals surface area contributed by atoms with E-state index in [0.29, 0.717) is 24.5 Å². The van der Waals surface area contributed by atoms with Crippen molar-refractivity contribution in [2.75, 3.05) is 13.1 Å². The molecule has 1 aromatic rings. The first-order valence-corrected chi connectivity index (χ1v) is 5.34. The van der Waals surface area contributed by atoms with Crippen LogP contribution in [0.4, 0.5) is 8.78 Å². The summed E-state index contributed by atoms with van der Waals surface area (Å²) in [7, 11) is 0. The average molecular weight is 255 g/mol. The van der Waals surface area contributed by atoms with Crippen LogP contribution in [0, 0.1) is 21.7 Å². The molecule has 5 nitrogen and oxygen atoms in total. The van der Waals surface area contributed by atoms with Gasteiger partial charge in [0.25, 0.3) is 6.20 Å². The van der Waals surface area contributed by atoms with Gasteiger partial charge >= 0.3 is 0 Å². The quantitative estimate of drug-likeness (QED) is 0.656.